The van der Waals surface area contributed by atoms with E-state index in [9.17, 15) is 20.1 Å². The van der Waals surface area contributed by atoms with Crippen LogP contribution in [0.3, 0.4) is 0 Å². The largest absolute Gasteiger partial charge is 0.325 e. The number of rotatable bonds is 5. The summed E-state index contributed by atoms with van der Waals surface area (Å²) in [5.74, 6) is -2.42. The Balaban J connectivity index is 1.85. The molecule has 0 unspecified atom stereocenters. The van der Waals surface area contributed by atoms with Crippen LogP contribution in [0, 0.1) is 35.5 Å². The molecule has 0 fully saturated rings. The lowest BCUT2D eigenvalue weighted by atomic mass is 9.78. The SMILES string of the molecule is Cc1ccccc1[C@H]1C(C#N)=C(SCC(=O)Nc2ccc(Br)cc2)NC(=O)[C@H]1C#N. The lowest BCUT2D eigenvalue weighted by Crippen LogP contribution is -2.39. The molecule has 3 rings (SSSR count). The molecule has 0 saturated carbocycles. The maximum absolute atomic E-state index is 12.6. The van der Waals surface area contributed by atoms with Crippen molar-refractivity contribution in [2.45, 2.75) is 12.8 Å². The van der Waals surface area contributed by atoms with Crippen molar-refractivity contribution in [2.24, 2.45) is 5.92 Å². The number of nitrogens with one attached hydrogen (secondary N) is 2. The van der Waals surface area contributed by atoms with Gasteiger partial charge in [-0.15, -0.1) is 0 Å². The van der Waals surface area contributed by atoms with Gasteiger partial charge in [0.05, 0.1) is 28.5 Å². The van der Waals surface area contributed by atoms with Gasteiger partial charge in [0.15, 0.2) is 0 Å². The fourth-order valence-electron chi connectivity index (χ4n) is 3.22. The molecule has 0 aromatic heterocycles. The van der Waals surface area contributed by atoms with Gasteiger partial charge in [0.1, 0.15) is 5.92 Å². The average molecular weight is 481 g/mol. The van der Waals surface area contributed by atoms with E-state index in [2.05, 4.69) is 32.6 Å². The Morgan fingerprint density at radius 2 is 1.90 bits per heavy atom. The minimum Gasteiger partial charge on any atom is -0.325 e. The Labute approximate surface area is 187 Å². The number of halogens is 1. The number of nitrogens with zero attached hydrogens (tertiary/aromatic N) is 2. The Bertz CT molecular complexity index is 1100. The number of nitriles is 2. The Kier molecular flexibility index (Phi) is 6.94. The van der Waals surface area contributed by atoms with E-state index in [0.29, 0.717) is 10.7 Å². The van der Waals surface area contributed by atoms with E-state index in [1.165, 1.54) is 0 Å². The van der Waals surface area contributed by atoms with E-state index in [1.807, 2.05) is 49.4 Å². The number of hydrogen-bond acceptors (Lipinski definition) is 5. The van der Waals surface area contributed by atoms with Gasteiger partial charge in [-0.1, -0.05) is 52.0 Å². The first-order valence-electron chi connectivity index (χ1n) is 9.03. The maximum Gasteiger partial charge on any atom is 0.243 e. The third-order valence-electron chi connectivity index (χ3n) is 4.67. The van der Waals surface area contributed by atoms with Gasteiger partial charge >= 0.3 is 0 Å². The normalized spacial score (nSPS) is 18.2. The molecular weight excluding hydrogens is 464 g/mol. The minimum atomic E-state index is -1.01. The van der Waals surface area contributed by atoms with Gasteiger partial charge in [-0.3, -0.25) is 9.59 Å². The summed E-state index contributed by atoms with van der Waals surface area (Å²) in [6.07, 6.45) is 0. The lowest BCUT2D eigenvalue weighted by Gasteiger charge is -2.29. The number of hydrogen-bond donors (Lipinski definition) is 2. The van der Waals surface area contributed by atoms with Crippen LogP contribution < -0.4 is 10.6 Å². The number of carbonyl (C=O) groups excluding carboxylic acids is 2. The van der Waals surface area contributed by atoms with Crippen LogP contribution in [0.25, 0.3) is 0 Å². The van der Waals surface area contributed by atoms with Gasteiger partial charge in [0.25, 0.3) is 0 Å². The van der Waals surface area contributed by atoms with Crippen LogP contribution in [-0.2, 0) is 9.59 Å². The second kappa shape index (κ2) is 9.62. The van der Waals surface area contributed by atoms with Gasteiger partial charge in [-0.2, -0.15) is 10.5 Å². The fourth-order valence-corrected chi connectivity index (χ4v) is 4.34. The summed E-state index contributed by atoms with van der Waals surface area (Å²) >= 11 is 4.41. The van der Waals surface area contributed by atoms with E-state index >= 15 is 0 Å². The zero-order valence-corrected chi connectivity index (χ0v) is 18.4. The molecule has 0 aliphatic carbocycles. The molecule has 1 heterocycles. The van der Waals surface area contributed by atoms with E-state index < -0.39 is 17.7 Å². The molecule has 2 aromatic carbocycles. The van der Waals surface area contributed by atoms with Crippen molar-refractivity contribution in [3.05, 3.63) is 74.7 Å². The first-order valence-corrected chi connectivity index (χ1v) is 10.8. The van der Waals surface area contributed by atoms with Crippen LogP contribution in [0.5, 0.6) is 0 Å². The maximum atomic E-state index is 12.6. The van der Waals surface area contributed by atoms with Gasteiger partial charge < -0.3 is 10.6 Å². The number of carbonyl (C=O) groups is 2. The van der Waals surface area contributed by atoms with Crippen molar-refractivity contribution in [3.8, 4) is 12.1 Å². The van der Waals surface area contributed by atoms with Crippen LogP contribution >= 0.6 is 27.7 Å². The molecule has 0 spiro atoms. The van der Waals surface area contributed by atoms with E-state index in [4.69, 9.17) is 0 Å². The molecule has 0 saturated heterocycles. The van der Waals surface area contributed by atoms with Gasteiger partial charge in [0.2, 0.25) is 11.8 Å². The van der Waals surface area contributed by atoms with Crippen molar-refractivity contribution >= 4 is 45.2 Å². The summed E-state index contributed by atoms with van der Waals surface area (Å²) in [6.45, 7) is 1.88. The molecule has 2 amide bonds. The summed E-state index contributed by atoms with van der Waals surface area (Å²) in [7, 11) is 0. The Hall–Kier alpha value is -3.07. The van der Waals surface area contributed by atoms with Crippen LogP contribution in [0.4, 0.5) is 5.69 Å². The molecule has 30 heavy (non-hydrogen) atoms. The molecule has 0 radical (unpaired) electrons. The summed E-state index contributed by atoms with van der Waals surface area (Å²) in [5, 5.41) is 25.1. The monoisotopic (exact) mass is 480 g/mol. The van der Waals surface area contributed by atoms with E-state index in [1.54, 1.807) is 12.1 Å². The molecule has 2 aromatic rings. The van der Waals surface area contributed by atoms with Crippen molar-refractivity contribution in [1.82, 2.24) is 5.32 Å². The second-order valence-electron chi connectivity index (χ2n) is 6.63. The molecule has 6 nitrogen and oxygen atoms in total. The second-order valence-corrected chi connectivity index (χ2v) is 8.53. The number of aryl methyl sites for hydroxylation is 1. The molecule has 2 N–H and O–H groups in total. The topological polar surface area (TPSA) is 106 Å². The molecule has 150 valence electrons. The third-order valence-corrected chi connectivity index (χ3v) is 6.21. The smallest absolute Gasteiger partial charge is 0.243 e. The van der Waals surface area contributed by atoms with Crippen molar-refractivity contribution < 1.29 is 9.59 Å². The van der Waals surface area contributed by atoms with Crippen molar-refractivity contribution in [2.75, 3.05) is 11.1 Å². The van der Waals surface area contributed by atoms with Gasteiger partial charge in [-0.25, -0.2) is 0 Å². The summed E-state index contributed by atoms with van der Waals surface area (Å²) in [6, 6.07) is 18.7. The first kappa shape index (κ1) is 21.6. The van der Waals surface area contributed by atoms with Gasteiger partial charge in [0, 0.05) is 16.1 Å². The predicted molar refractivity (Wildman–Crippen MR) is 119 cm³/mol. The highest BCUT2D eigenvalue weighted by Crippen LogP contribution is 2.40. The van der Waals surface area contributed by atoms with Crippen molar-refractivity contribution in [1.29, 1.82) is 10.5 Å². The molecule has 0 bridgehead atoms. The van der Waals surface area contributed by atoms with Crippen LogP contribution in [0.1, 0.15) is 17.0 Å². The van der Waals surface area contributed by atoms with Gasteiger partial charge in [-0.05, 0) is 42.3 Å². The minimum absolute atomic E-state index is 0.00850. The summed E-state index contributed by atoms with van der Waals surface area (Å²) in [4.78, 5) is 24.9. The van der Waals surface area contributed by atoms with Crippen LogP contribution in [-0.4, -0.2) is 17.6 Å². The summed E-state index contributed by atoms with van der Waals surface area (Å²) in [5.41, 5.74) is 2.58. The van der Waals surface area contributed by atoms with E-state index in [0.717, 1.165) is 27.4 Å². The lowest BCUT2D eigenvalue weighted by molar-refractivity contribution is -0.123. The average Bonchev–Trinajstić information content (AvgIpc) is 2.74. The molecule has 1 aliphatic rings. The fraction of sp³-hybridized carbons (Fsp3) is 0.182. The number of thioether (sulfide) groups is 1. The molecule has 8 heteroatoms. The number of amides is 2. The number of anilines is 1. The van der Waals surface area contributed by atoms with E-state index in [-0.39, 0.29) is 17.2 Å². The quantitative estimate of drug-likeness (QED) is 0.666. The highest BCUT2D eigenvalue weighted by Gasteiger charge is 2.40. The molecule has 2 atom stereocenters. The Morgan fingerprint density at radius 3 is 2.53 bits per heavy atom. The zero-order chi connectivity index (χ0) is 21.7. The number of allylic oxidation sites excluding steroid dienone is 1. The highest BCUT2D eigenvalue weighted by molar-refractivity contribution is 9.10. The van der Waals surface area contributed by atoms with Crippen molar-refractivity contribution in [3.63, 3.8) is 0 Å². The highest BCUT2D eigenvalue weighted by atomic mass is 79.9. The third kappa shape index (κ3) is 4.73. The Morgan fingerprint density at radius 1 is 1.20 bits per heavy atom. The number of benzene rings is 2. The first-order chi connectivity index (χ1) is 14.4. The zero-order valence-electron chi connectivity index (χ0n) is 16.0. The molecule has 1 aliphatic heterocycles. The molecular formula is C22H17BrN4O2S. The van der Waals surface area contributed by atoms with Crippen LogP contribution in [0.15, 0.2) is 63.6 Å². The summed E-state index contributed by atoms with van der Waals surface area (Å²) < 4.78 is 0.901. The van der Waals surface area contributed by atoms with Crippen LogP contribution in [0.2, 0.25) is 0 Å². The standard InChI is InChI=1S/C22H17BrN4O2S/c1-13-4-2-3-5-16(13)20-17(10-24)21(29)27-22(18(20)11-25)30-12-19(28)26-15-8-6-14(23)7-9-15/h2-9,17,20H,12H2,1H3,(H,26,28)(H,27,29)/t17-,20+/m0/s1. The predicted octanol–water partition coefficient (Wildman–Crippen LogP) is 4.22.